The van der Waals surface area contributed by atoms with Gasteiger partial charge in [-0.05, 0) is 60.2 Å². The van der Waals surface area contributed by atoms with Gasteiger partial charge in [0, 0.05) is 27.4 Å². The van der Waals surface area contributed by atoms with E-state index in [9.17, 15) is 9.32 Å². The van der Waals surface area contributed by atoms with Crippen molar-refractivity contribution in [3.63, 3.8) is 0 Å². The van der Waals surface area contributed by atoms with Gasteiger partial charge in [0.2, 0.25) is 0 Å². The summed E-state index contributed by atoms with van der Waals surface area (Å²) >= 11 is 3.91. The second-order valence-electron chi connectivity index (χ2n) is 8.78. The van der Waals surface area contributed by atoms with Crippen molar-refractivity contribution in [2.75, 3.05) is 17.3 Å². The minimum Gasteiger partial charge on any atom is -0.392 e. The number of fused-ring (bicyclic) bond motifs is 2. The maximum Gasteiger partial charge on any atom is 0.105 e. The molecule has 2 saturated carbocycles. The Morgan fingerprint density at radius 3 is 2.52 bits per heavy atom. The van der Waals surface area contributed by atoms with Gasteiger partial charge >= 0.3 is 0 Å². The quantitative estimate of drug-likeness (QED) is 0.711. The zero-order chi connectivity index (χ0) is 19.1. The molecule has 1 saturated heterocycles. The van der Waals surface area contributed by atoms with E-state index in [-0.39, 0.29) is 21.0 Å². The van der Waals surface area contributed by atoms with Crippen molar-refractivity contribution in [3.8, 4) is 0 Å². The Morgan fingerprint density at radius 1 is 1.22 bits per heavy atom. The Morgan fingerprint density at radius 2 is 1.93 bits per heavy atom. The van der Waals surface area contributed by atoms with Gasteiger partial charge in [-0.3, -0.25) is 4.21 Å². The molecule has 4 rings (SSSR count). The molecule has 3 aliphatic rings. The van der Waals surface area contributed by atoms with E-state index < -0.39 is 10.8 Å². The minimum absolute atomic E-state index is 0.0847. The van der Waals surface area contributed by atoms with Crippen molar-refractivity contribution < 1.29 is 9.32 Å². The fourth-order valence-electron chi connectivity index (χ4n) is 5.42. The first-order chi connectivity index (χ1) is 12.9. The maximum absolute atomic E-state index is 13.1. The highest BCUT2D eigenvalue weighted by molar-refractivity contribution is 8.18. The van der Waals surface area contributed by atoms with E-state index in [1.54, 1.807) is 0 Å². The van der Waals surface area contributed by atoms with Crippen molar-refractivity contribution in [2.24, 2.45) is 16.7 Å². The Kier molecular flexibility index (Phi) is 5.61. The zero-order valence-electron chi connectivity index (χ0n) is 16.2. The third-order valence-corrected chi connectivity index (χ3v) is 11.9. The summed E-state index contributed by atoms with van der Waals surface area (Å²) in [6.45, 7) is 4.56. The predicted octanol–water partition coefficient (Wildman–Crippen LogP) is 5.16. The van der Waals surface area contributed by atoms with Gasteiger partial charge in [-0.25, -0.2) is 0 Å². The molecule has 0 aromatic heterocycles. The average molecular weight is 423 g/mol. The SMILES string of the molecule is CC1(C)[C@@H]2CC[C@@]1(C[S@](=O)/C=C/C1(c3ccccc3)SCCCS1)[C@H](O)C2. The molecule has 0 spiro atoms. The minimum atomic E-state index is -1.06. The third-order valence-electron chi connectivity index (χ3n) is 7.33. The molecule has 2 aliphatic carbocycles. The third kappa shape index (κ3) is 3.37. The fraction of sp³-hybridized carbons (Fsp3) is 0.636. The monoisotopic (exact) mass is 422 g/mol. The average Bonchev–Trinajstić information content (AvgIpc) is 3.02. The summed E-state index contributed by atoms with van der Waals surface area (Å²) in [5.41, 5.74) is 1.19. The maximum atomic E-state index is 13.1. The molecule has 1 aromatic carbocycles. The van der Waals surface area contributed by atoms with Crippen LogP contribution in [0.25, 0.3) is 0 Å². The summed E-state index contributed by atoms with van der Waals surface area (Å²) < 4.78 is 13.0. The van der Waals surface area contributed by atoms with E-state index in [0.29, 0.717) is 11.7 Å². The lowest BCUT2D eigenvalue weighted by atomic mass is 9.70. The molecule has 2 nitrogen and oxygen atoms in total. The number of hydrogen-bond acceptors (Lipinski definition) is 4. The number of rotatable bonds is 5. The molecule has 0 amide bonds. The Bertz CT molecular complexity index is 724. The van der Waals surface area contributed by atoms with E-state index >= 15 is 0 Å². The molecule has 1 aliphatic heterocycles. The van der Waals surface area contributed by atoms with Gasteiger partial charge in [-0.15, -0.1) is 23.5 Å². The van der Waals surface area contributed by atoms with Crippen LogP contribution in [0.3, 0.4) is 0 Å². The lowest BCUT2D eigenvalue weighted by molar-refractivity contribution is 0.0162. The topological polar surface area (TPSA) is 37.3 Å². The van der Waals surface area contributed by atoms with Crippen LogP contribution in [0.1, 0.15) is 45.1 Å². The van der Waals surface area contributed by atoms with Crippen LogP contribution in [0.4, 0.5) is 0 Å². The van der Waals surface area contributed by atoms with Gasteiger partial charge in [0.05, 0.1) is 6.10 Å². The smallest absolute Gasteiger partial charge is 0.105 e. The lowest BCUT2D eigenvalue weighted by Crippen LogP contribution is -2.43. The van der Waals surface area contributed by atoms with Crippen LogP contribution in [0.15, 0.2) is 41.8 Å². The van der Waals surface area contributed by atoms with Crippen LogP contribution in [0.5, 0.6) is 0 Å². The van der Waals surface area contributed by atoms with Crippen molar-refractivity contribution in [2.45, 2.75) is 49.7 Å². The molecule has 5 heteroatoms. The van der Waals surface area contributed by atoms with Crippen molar-refractivity contribution in [1.29, 1.82) is 0 Å². The molecule has 2 bridgehead atoms. The van der Waals surface area contributed by atoms with Crippen LogP contribution in [0, 0.1) is 16.7 Å². The van der Waals surface area contributed by atoms with Crippen molar-refractivity contribution in [3.05, 3.63) is 47.4 Å². The first kappa shape index (κ1) is 20.1. The molecule has 1 heterocycles. The van der Waals surface area contributed by atoms with Crippen LogP contribution in [0.2, 0.25) is 0 Å². The van der Waals surface area contributed by atoms with Crippen LogP contribution < -0.4 is 0 Å². The summed E-state index contributed by atoms with van der Waals surface area (Å²) in [5, 5.41) is 12.7. The van der Waals surface area contributed by atoms with Gasteiger partial charge in [0.15, 0.2) is 0 Å². The van der Waals surface area contributed by atoms with E-state index in [0.717, 1.165) is 24.3 Å². The highest BCUT2D eigenvalue weighted by atomic mass is 32.2. The predicted molar refractivity (Wildman–Crippen MR) is 119 cm³/mol. The lowest BCUT2D eigenvalue weighted by Gasteiger charge is -2.40. The second-order valence-corrected chi connectivity index (χ2v) is 13.0. The van der Waals surface area contributed by atoms with Crippen LogP contribution >= 0.6 is 23.5 Å². The van der Waals surface area contributed by atoms with Crippen molar-refractivity contribution >= 4 is 34.3 Å². The molecular weight excluding hydrogens is 392 g/mol. The van der Waals surface area contributed by atoms with Crippen molar-refractivity contribution in [1.82, 2.24) is 0 Å². The molecule has 0 radical (unpaired) electrons. The van der Waals surface area contributed by atoms with Gasteiger partial charge in [-0.1, -0.05) is 44.2 Å². The van der Waals surface area contributed by atoms with E-state index in [2.05, 4.69) is 50.3 Å². The molecule has 1 N–H and O–H groups in total. The van der Waals surface area contributed by atoms with E-state index in [4.69, 9.17) is 0 Å². The van der Waals surface area contributed by atoms with Gasteiger partial charge in [0.25, 0.3) is 0 Å². The molecule has 1 aromatic rings. The Hall–Kier alpha value is -0.230. The highest BCUT2D eigenvalue weighted by Crippen LogP contribution is 2.66. The number of benzene rings is 1. The first-order valence-electron chi connectivity index (χ1n) is 9.98. The molecular formula is C22H30O2S3. The van der Waals surface area contributed by atoms with Gasteiger partial charge in [0.1, 0.15) is 4.08 Å². The summed E-state index contributed by atoms with van der Waals surface area (Å²) in [5.74, 6) is 3.44. The standard InChI is InChI=1S/C22H30O2S3/c1-20(2)18-9-10-21(20,19(23)15-18)16-27(24)14-11-22(25-12-6-13-26-22)17-7-4-3-5-8-17/h3-5,7-8,11,14,18-19,23H,6,9-10,12-13,15-16H2,1-2H3/b14-11+/t18-,19-,21-,27-/m1/s1. The van der Waals surface area contributed by atoms with Crippen LogP contribution in [-0.2, 0) is 14.9 Å². The normalized spacial score (nSPS) is 35.5. The largest absolute Gasteiger partial charge is 0.392 e. The molecule has 27 heavy (non-hydrogen) atoms. The molecule has 148 valence electrons. The summed E-state index contributed by atoms with van der Waals surface area (Å²) in [6, 6.07) is 10.6. The Balaban J connectivity index is 1.55. The van der Waals surface area contributed by atoms with Crippen LogP contribution in [-0.4, -0.2) is 32.7 Å². The molecule has 4 atom stereocenters. The molecule has 0 unspecified atom stereocenters. The van der Waals surface area contributed by atoms with Gasteiger partial charge in [-0.2, -0.15) is 0 Å². The second kappa shape index (κ2) is 7.55. The summed E-state index contributed by atoms with van der Waals surface area (Å²) in [6.07, 6.45) is 6.18. The van der Waals surface area contributed by atoms with Gasteiger partial charge < -0.3 is 5.11 Å². The summed E-state index contributed by atoms with van der Waals surface area (Å²) in [4.78, 5) is 0. The summed E-state index contributed by atoms with van der Waals surface area (Å²) in [7, 11) is -1.06. The van der Waals surface area contributed by atoms with E-state index in [1.165, 1.54) is 18.4 Å². The number of aliphatic hydroxyl groups excluding tert-OH is 1. The molecule has 3 fully saturated rings. The Labute approximate surface area is 174 Å². The number of aliphatic hydroxyl groups is 1. The zero-order valence-corrected chi connectivity index (χ0v) is 18.7. The number of hydrogen-bond donors (Lipinski definition) is 1. The number of thioether (sulfide) groups is 2. The first-order valence-corrected chi connectivity index (χ1v) is 13.3. The highest BCUT2D eigenvalue weighted by Gasteiger charge is 2.63. The van der Waals surface area contributed by atoms with E-state index in [1.807, 2.05) is 28.9 Å². The fourth-order valence-corrected chi connectivity index (χ4v) is 10.4.